The van der Waals surface area contributed by atoms with Gasteiger partial charge in [-0.05, 0) is 24.3 Å². The van der Waals surface area contributed by atoms with Crippen LogP contribution in [0.25, 0.3) is 33.5 Å². The summed E-state index contributed by atoms with van der Waals surface area (Å²) < 4.78 is 2.83. The third-order valence-electron chi connectivity index (χ3n) is 5.20. The Morgan fingerprint density at radius 1 is 0.533 bits per heavy atom. The summed E-state index contributed by atoms with van der Waals surface area (Å²) >= 11 is 0. The Kier molecular flexibility index (Phi) is 3.31. The van der Waals surface area contributed by atoms with Crippen LogP contribution in [0.15, 0.2) is 72.8 Å². The van der Waals surface area contributed by atoms with E-state index in [1.165, 1.54) is 9.36 Å². The van der Waals surface area contributed by atoms with Gasteiger partial charge in [0.25, 0.3) is 0 Å². The van der Waals surface area contributed by atoms with Crippen molar-refractivity contribution in [3.05, 3.63) is 83.9 Å². The van der Waals surface area contributed by atoms with E-state index in [-0.39, 0.29) is 23.0 Å². The molecule has 0 saturated heterocycles. The fraction of sp³-hybridized carbons (Fsp3) is 0. The summed E-state index contributed by atoms with van der Waals surface area (Å²) in [7, 11) is 0. The van der Waals surface area contributed by atoms with Gasteiger partial charge in [-0.25, -0.2) is 9.36 Å². The van der Waals surface area contributed by atoms with Crippen LogP contribution in [0.2, 0.25) is 0 Å². The molecule has 0 unspecified atom stereocenters. The fourth-order valence-corrected chi connectivity index (χ4v) is 3.81. The predicted octanol–water partition coefficient (Wildman–Crippen LogP) is 3.08. The first-order valence-electron chi connectivity index (χ1n) is 9.28. The molecule has 2 heterocycles. The molecular weight excluding hydrogens is 380 g/mol. The van der Waals surface area contributed by atoms with Gasteiger partial charge in [-0.3, -0.25) is 9.59 Å². The fourth-order valence-electron chi connectivity index (χ4n) is 3.81. The van der Waals surface area contributed by atoms with Crippen molar-refractivity contribution in [1.82, 2.24) is 30.0 Å². The van der Waals surface area contributed by atoms with Crippen LogP contribution in [0.5, 0.6) is 0 Å². The van der Waals surface area contributed by atoms with Crippen molar-refractivity contribution in [3.63, 3.8) is 0 Å². The van der Waals surface area contributed by atoms with Gasteiger partial charge in [0.1, 0.15) is 22.4 Å². The van der Waals surface area contributed by atoms with E-state index in [9.17, 15) is 9.59 Å². The minimum Gasteiger partial charge on any atom is -0.287 e. The lowest BCUT2D eigenvalue weighted by atomic mass is 9.90. The van der Waals surface area contributed by atoms with E-state index in [0.29, 0.717) is 33.2 Å². The summed E-state index contributed by atoms with van der Waals surface area (Å²) in [4.78, 5) is 27.2. The summed E-state index contributed by atoms with van der Waals surface area (Å²) in [6.45, 7) is 0. The SMILES string of the molecule is O=C1C(n2nnc3ccccc32)=C(n2nnc3ccccc32)C(=O)c2ccccc21. The molecule has 0 amide bonds. The lowest BCUT2D eigenvalue weighted by Gasteiger charge is -2.21. The second-order valence-electron chi connectivity index (χ2n) is 6.88. The van der Waals surface area contributed by atoms with Gasteiger partial charge < -0.3 is 0 Å². The Morgan fingerprint density at radius 3 is 1.40 bits per heavy atom. The van der Waals surface area contributed by atoms with Crippen LogP contribution in [0.1, 0.15) is 20.7 Å². The second kappa shape index (κ2) is 6.02. The molecule has 3 aromatic carbocycles. The zero-order valence-corrected chi connectivity index (χ0v) is 15.4. The van der Waals surface area contributed by atoms with Crippen LogP contribution in [0.3, 0.4) is 0 Å². The normalized spacial score (nSPS) is 14.0. The van der Waals surface area contributed by atoms with E-state index in [1.807, 2.05) is 24.3 Å². The minimum atomic E-state index is -0.324. The molecular formula is C22H12N6O2. The second-order valence-corrected chi connectivity index (χ2v) is 6.88. The minimum absolute atomic E-state index is 0.100. The van der Waals surface area contributed by atoms with E-state index in [0.717, 1.165) is 0 Å². The molecule has 0 aliphatic heterocycles. The average molecular weight is 392 g/mol. The van der Waals surface area contributed by atoms with Crippen molar-refractivity contribution in [2.75, 3.05) is 0 Å². The van der Waals surface area contributed by atoms with E-state index in [2.05, 4.69) is 20.6 Å². The highest BCUT2D eigenvalue weighted by atomic mass is 16.1. The highest BCUT2D eigenvalue weighted by Gasteiger charge is 2.36. The Bertz CT molecular complexity index is 1430. The third kappa shape index (κ3) is 2.15. The lowest BCUT2D eigenvalue weighted by Crippen LogP contribution is -2.27. The van der Waals surface area contributed by atoms with Crippen molar-refractivity contribution >= 4 is 45.0 Å². The standard InChI is InChI=1S/C22H12N6O2/c29-21-13-7-1-2-8-14(13)22(30)20(28-18-12-6-4-10-16(18)24-26-28)19(21)27-17-11-5-3-9-15(17)23-25-27/h1-12H. The molecule has 0 saturated carbocycles. The molecule has 0 N–H and O–H groups in total. The molecule has 0 fully saturated rings. The number of hydrogen-bond acceptors (Lipinski definition) is 6. The van der Waals surface area contributed by atoms with Crippen LogP contribution < -0.4 is 0 Å². The van der Waals surface area contributed by atoms with Crippen LogP contribution in [0.4, 0.5) is 0 Å². The molecule has 8 nitrogen and oxygen atoms in total. The van der Waals surface area contributed by atoms with Crippen molar-refractivity contribution in [2.45, 2.75) is 0 Å². The summed E-state index contributed by atoms with van der Waals surface area (Å²) in [5, 5.41) is 16.7. The van der Waals surface area contributed by atoms with E-state index in [1.54, 1.807) is 48.5 Å². The van der Waals surface area contributed by atoms with Crippen molar-refractivity contribution in [1.29, 1.82) is 0 Å². The maximum atomic E-state index is 13.6. The number of hydrogen-bond donors (Lipinski definition) is 0. The zero-order chi connectivity index (χ0) is 20.2. The third-order valence-corrected chi connectivity index (χ3v) is 5.20. The molecule has 6 rings (SSSR count). The smallest absolute Gasteiger partial charge is 0.214 e. The molecule has 0 atom stereocenters. The van der Waals surface area contributed by atoms with Gasteiger partial charge in [0, 0.05) is 11.1 Å². The number of benzene rings is 3. The Hall–Kier alpha value is -4.46. The summed E-state index contributed by atoms with van der Waals surface area (Å²) in [6, 6.07) is 21.3. The van der Waals surface area contributed by atoms with Crippen LogP contribution in [0, 0.1) is 0 Å². The van der Waals surface area contributed by atoms with Crippen LogP contribution in [-0.2, 0) is 0 Å². The number of aromatic nitrogens is 6. The van der Waals surface area contributed by atoms with E-state index in [4.69, 9.17) is 0 Å². The van der Waals surface area contributed by atoms with Crippen molar-refractivity contribution in [2.24, 2.45) is 0 Å². The first kappa shape index (κ1) is 16.5. The molecule has 1 aliphatic rings. The number of allylic oxidation sites excluding steroid dienone is 2. The zero-order valence-electron chi connectivity index (χ0n) is 15.4. The summed E-state index contributed by atoms with van der Waals surface area (Å²) in [5.74, 6) is -0.647. The molecule has 0 radical (unpaired) electrons. The van der Waals surface area contributed by atoms with E-state index < -0.39 is 0 Å². The average Bonchev–Trinajstić information content (AvgIpc) is 3.40. The Labute approximate surface area is 169 Å². The number of ketones is 2. The highest BCUT2D eigenvalue weighted by molar-refractivity contribution is 6.47. The number of nitrogens with zero attached hydrogens (tertiary/aromatic N) is 6. The van der Waals surface area contributed by atoms with E-state index >= 15 is 0 Å². The number of rotatable bonds is 2. The van der Waals surface area contributed by atoms with Gasteiger partial charge in [0.05, 0.1) is 11.0 Å². The highest BCUT2D eigenvalue weighted by Crippen LogP contribution is 2.33. The van der Waals surface area contributed by atoms with Gasteiger partial charge in [-0.15, -0.1) is 10.2 Å². The molecule has 1 aliphatic carbocycles. The summed E-state index contributed by atoms with van der Waals surface area (Å²) in [5.41, 5.74) is 3.32. The number of fused-ring (bicyclic) bond motifs is 3. The van der Waals surface area contributed by atoms with Crippen molar-refractivity contribution < 1.29 is 9.59 Å². The van der Waals surface area contributed by atoms with Gasteiger partial charge in [0.15, 0.2) is 0 Å². The largest absolute Gasteiger partial charge is 0.287 e. The van der Waals surface area contributed by atoms with Gasteiger partial charge >= 0.3 is 0 Å². The maximum absolute atomic E-state index is 13.6. The van der Waals surface area contributed by atoms with Crippen LogP contribution >= 0.6 is 0 Å². The topological polar surface area (TPSA) is 95.6 Å². The Morgan fingerprint density at radius 2 is 0.933 bits per heavy atom. The van der Waals surface area contributed by atoms with Gasteiger partial charge in [0.2, 0.25) is 11.6 Å². The lowest BCUT2D eigenvalue weighted by molar-refractivity contribution is 0.0999. The Balaban J connectivity index is 1.75. The molecule has 30 heavy (non-hydrogen) atoms. The number of para-hydroxylation sites is 2. The number of carbonyl (C=O) groups excluding carboxylic acids is 2. The van der Waals surface area contributed by atoms with Crippen molar-refractivity contribution in [3.8, 4) is 0 Å². The monoisotopic (exact) mass is 392 g/mol. The number of Topliss-reactive ketones (excluding diaryl/α,β-unsaturated/α-hetero) is 2. The molecule has 142 valence electrons. The molecule has 0 spiro atoms. The number of carbonyl (C=O) groups is 2. The molecule has 8 heteroatoms. The first-order chi connectivity index (χ1) is 14.7. The predicted molar refractivity (Wildman–Crippen MR) is 110 cm³/mol. The molecule has 2 aromatic heterocycles. The quantitative estimate of drug-likeness (QED) is 0.458. The first-order valence-corrected chi connectivity index (χ1v) is 9.28. The summed E-state index contributed by atoms with van der Waals surface area (Å²) in [6.07, 6.45) is 0. The van der Waals surface area contributed by atoms with Gasteiger partial charge in [-0.1, -0.05) is 59.0 Å². The molecule has 0 bridgehead atoms. The van der Waals surface area contributed by atoms with Gasteiger partial charge in [-0.2, -0.15) is 0 Å². The van der Waals surface area contributed by atoms with Crippen LogP contribution in [-0.4, -0.2) is 41.6 Å². The molecule has 5 aromatic rings. The maximum Gasteiger partial charge on any atom is 0.214 e.